The first kappa shape index (κ1) is 23.6. The highest BCUT2D eigenvalue weighted by Crippen LogP contribution is 2.47. The van der Waals surface area contributed by atoms with Crippen LogP contribution in [-0.4, -0.2) is 50.3 Å². The zero-order valence-electron chi connectivity index (χ0n) is 20.5. The van der Waals surface area contributed by atoms with Crippen LogP contribution < -0.4 is 9.47 Å². The van der Waals surface area contributed by atoms with Crippen molar-refractivity contribution in [3.05, 3.63) is 23.3 Å². The minimum absolute atomic E-state index is 0.0212. The van der Waals surface area contributed by atoms with Crippen molar-refractivity contribution in [1.29, 1.82) is 0 Å². The summed E-state index contributed by atoms with van der Waals surface area (Å²) in [6.07, 6.45) is 1.53. The molecule has 1 aromatic rings. The van der Waals surface area contributed by atoms with Gasteiger partial charge in [0.25, 0.3) is 0 Å². The van der Waals surface area contributed by atoms with E-state index in [2.05, 4.69) is 37.8 Å². The minimum Gasteiger partial charge on any atom is -0.460 e. The highest BCUT2D eigenvalue weighted by molar-refractivity contribution is 6.73. The Bertz CT molecular complexity index is 839. The summed E-state index contributed by atoms with van der Waals surface area (Å²) in [6, 6.07) is 7.79. The Kier molecular flexibility index (Phi) is 6.63. The molecule has 1 aromatic carbocycles. The molecule has 7 heteroatoms. The molecule has 32 heavy (non-hydrogen) atoms. The molecule has 0 N–H and O–H groups in total. The lowest BCUT2D eigenvalue weighted by molar-refractivity contribution is -0.155. The summed E-state index contributed by atoms with van der Waals surface area (Å²) < 4.78 is 24.1. The van der Waals surface area contributed by atoms with Crippen LogP contribution >= 0.6 is 0 Å². The standard InChI is InChI=1S/C25H39NO5Si/c1-7-32(8-2,9-3)31-20-10-11-26-15-17-12-21-22(29-16-28-21)13-18(17)19(24(20)26)14-23(27)30-25(4,5)6/h12-13,19-20,24H,7-11,14-16H2,1-6H3/t19-,20+,24-/m1/s1. The van der Waals surface area contributed by atoms with E-state index >= 15 is 0 Å². The molecule has 0 aromatic heterocycles. The molecule has 0 unspecified atom stereocenters. The predicted molar refractivity (Wildman–Crippen MR) is 127 cm³/mol. The van der Waals surface area contributed by atoms with Gasteiger partial charge < -0.3 is 18.6 Å². The molecule has 0 spiro atoms. The van der Waals surface area contributed by atoms with Gasteiger partial charge in [0.15, 0.2) is 19.8 Å². The van der Waals surface area contributed by atoms with Crippen molar-refractivity contribution in [3.63, 3.8) is 0 Å². The van der Waals surface area contributed by atoms with Crippen LogP contribution in [0.15, 0.2) is 12.1 Å². The van der Waals surface area contributed by atoms with E-state index in [0.717, 1.165) is 49.1 Å². The maximum absolute atomic E-state index is 13.0. The lowest BCUT2D eigenvalue weighted by Crippen LogP contribution is -2.49. The Morgan fingerprint density at radius 2 is 1.78 bits per heavy atom. The van der Waals surface area contributed by atoms with Crippen LogP contribution in [0.5, 0.6) is 11.5 Å². The number of carbonyl (C=O) groups excluding carboxylic acids is 1. The van der Waals surface area contributed by atoms with Gasteiger partial charge in [-0.15, -0.1) is 0 Å². The van der Waals surface area contributed by atoms with Crippen molar-refractivity contribution in [3.8, 4) is 11.5 Å². The molecule has 4 rings (SSSR count). The quantitative estimate of drug-likeness (QED) is 0.410. The molecule has 6 nitrogen and oxygen atoms in total. The van der Waals surface area contributed by atoms with Crippen LogP contribution in [0.4, 0.5) is 0 Å². The monoisotopic (exact) mass is 461 g/mol. The second-order valence-corrected chi connectivity index (χ2v) is 15.2. The Balaban J connectivity index is 1.68. The first-order valence-electron chi connectivity index (χ1n) is 12.2. The fraction of sp³-hybridized carbons (Fsp3) is 0.720. The Labute approximate surface area is 193 Å². The number of esters is 1. The molecule has 0 aliphatic carbocycles. The summed E-state index contributed by atoms with van der Waals surface area (Å²) in [5, 5.41) is 0. The van der Waals surface area contributed by atoms with Crippen LogP contribution in [0.3, 0.4) is 0 Å². The highest BCUT2D eigenvalue weighted by atomic mass is 28.4. The van der Waals surface area contributed by atoms with Crippen molar-refractivity contribution in [2.24, 2.45) is 0 Å². The molecule has 0 bridgehead atoms. The topological polar surface area (TPSA) is 57.2 Å². The molecule has 0 saturated carbocycles. The Hall–Kier alpha value is -1.57. The zero-order valence-corrected chi connectivity index (χ0v) is 21.5. The van der Waals surface area contributed by atoms with Gasteiger partial charge in [-0.25, -0.2) is 0 Å². The second-order valence-electron chi connectivity index (χ2n) is 10.5. The number of ether oxygens (including phenoxy) is 3. The van der Waals surface area contributed by atoms with E-state index in [-0.39, 0.29) is 30.8 Å². The van der Waals surface area contributed by atoms with Crippen molar-refractivity contribution in [2.75, 3.05) is 13.3 Å². The largest absolute Gasteiger partial charge is 0.460 e. The van der Waals surface area contributed by atoms with Crippen molar-refractivity contribution >= 4 is 14.3 Å². The number of hydrogen-bond donors (Lipinski definition) is 0. The third kappa shape index (κ3) is 4.57. The van der Waals surface area contributed by atoms with Crippen molar-refractivity contribution < 1.29 is 23.4 Å². The third-order valence-corrected chi connectivity index (χ3v) is 12.1. The SMILES string of the molecule is CC[Si](CC)(CC)O[C@H]1CCN2Cc3cc4c(cc3[C@@H](CC(=O)OC(C)(C)C)[C@H]12)OCO4. The van der Waals surface area contributed by atoms with Gasteiger partial charge in [-0.3, -0.25) is 9.69 Å². The van der Waals surface area contributed by atoms with E-state index < -0.39 is 13.9 Å². The molecule has 3 aliphatic heterocycles. The van der Waals surface area contributed by atoms with Gasteiger partial charge in [-0.1, -0.05) is 20.8 Å². The molecular weight excluding hydrogens is 422 g/mol. The number of carbonyl (C=O) groups is 1. The molecule has 0 amide bonds. The minimum atomic E-state index is -1.76. The van der Waals surface area contributed by atoms with Gasteiger partial charge in [0, 0.05) is 25.0 Å². The van der Waals surface area contributed by atoms with Crippen LogP contribution in [0.2, 0.25) is 18.1 Å². The van der Waals surface area contributed by atoms with E-state index in [9.17, 15) is 4.79 Å². The average molecular weight is 462 g/mol. The Morgan fingerprint density at radius 3 is 2.41 bits per heavy atom. The van der Waals surface area contributed by atoms with Crippen molar-refractivity contribution in [1.82, 2.24) is 4.90 Å². The van der Waals surface area contributed by atoms with Gasteiger partial charge >= 0.3 is 5.97 Å². The molecule has 0 radical (unpaired) electrons. The molecule has 3 heterocycles. The van der Waals surface area contributed by atoms with Crippen LogP contribution in [0.1, 0.15) is 71.4 Å². The number of nitrogens with zero attached hydrogens (tertiary/aromatic N) is 1. The van der Waals surface area contributed by atoms with Crippen LogP contribution in [0, 0.1) is 0 Å². The molecular formula is C25H39NO5Si. The fourth-order valence-electron chi connectivity index (χ4n) is 5.67. The van der Waals surface area contributed by atoms with Crippen LogP contribution in [0.25, 0.3) is 0 Å². The molecule has 3 aliphatic rings. The lowest BCUT2D eigenvalue weighted by Gasteiger charge is -2.43. The summed E-state index contributed by atoms with van der Waals surface area (Å²) in [6.45, 7) is 14.7. The predicted octanol–water partition coefficient (Wildman–Crippen LogP) is 5.21. The molecule has 1 saturated heterocycles. The first-order chi connectivity index (χ1) is 15.2. The Morgan fingerprint density at radius 1 is 1.12 bits per heavy atom. The molecule has 1 fully saturated rings. The highest BCUT2D eigenvalue weighted by Gasteiger charge is 2.48. The smallest absolute Gasteiger partial charge is 0.306 e. The first-order valence-corrected chi connectivity index (χ1v) is 14.8. The average Bonchev–Trinajstić information content (AvgIpc) is 3.35. The number of benzene rings is 1. The zero-order chi connectivity index (χ0) is 23.1. The summed E-state index contributed by atoms with van der Waals surface area (Å²) in [7, 11) is -1.76. The third-order valence-electron chi connectivity index (χ3n) is 7.46. The number of fused-ring (bicyclic) bond motifs is 3. The van der Waals surface area contributed by atoms with Crippen LogP contribution in [-0.2, 0) is 20.5 Å². The van der Waals surface area contributed by atoms with Crippen molar-refractivity contribution in [2.45, 2.75) is 103 Å². The summed E-state index contributed by atoms with van der Waals surface area (Å²) >= 11 is 0. The summed E-state index contributed by atoms with van der Waals surface area (Å²) in [4.78, 5) is 15.5. The molecule has 3 atom stereocenters. The van der Waals surface area contributed by atoms with Gasteiger partial charge in [0.05, 0.1) is 12.5 Å². The maximum atomic E-state index is 13.0. The summed E-state index contributed by atoms with van der Waals surface area (Å²) in [5.74, 6) is 1.46. The van der Waals surface area contributed by atoms with E-state index in [1.807, 2.05) is 20.8 Å². The lowest BCUT2D eigenvalue weighted by atomic mass is 9.80. The van der Waals surface area contributed by atoms with Gasteiger partial charge in [0.1, 0.15) is 5.60 Å². The number of rotatable bonds is 7. The fourth-order valence-corrected chi connectivity index (χ4v) is 8.57. The maximum Gasteiger partial charge on any atom is 0.306 e. The normalized spacial score (nSPS) is 24.9. The van der Waals surface area contributed by atoms with Gasteiger partial charge in [-0.05, 0) is 68.6 Å². The van der Waals surface area contributed by atoms with E-state index in [1.54, 1.807) is 0 Å². The molecule has 178 valence electrons. The van der Waals surface area contributed by atoms with Gasteiger partial charge in [0.2, 0.25) is 6.79 Å². The second kappa shape index (κ2) is 8.99. The van der Waals surface area contributed by atoms with Gasteiger partial charge in [-0.2, -0.15) is 0 Å². The van der Waals surface area contributed by atoms with E-state index in [1.165, 1.54) is 11.1 Å². The number of hydrogen-bond acceptors (Lipinski definition) is 6. The summed E-state index contributed by atoms with van der Waals surface area (Å²) in [5.41, 5.74) is 1.92. The van der Waals surface area contributed by atoms with E-state index in [4.69, 9.17) is 18.6 Å². The van der Waals surface area contributed by atoms with E-state index in [0.29, 0.717) is 6.42 Å².